The first kappa shape index (κ1) is 14.8. The van der Waals surface area contributed by atoms with Gasteiger partial charge in [0.1, 0.15) is 11.3 Å². The molecule has 0 aliphatic rings. The lowest BCUT2D eigenvalue weighted by atomic mass is 9.99. The molecule has 1 aromatic heterocycles. The molecule has 0 aliphatic heterocycles. The van der Waals surface area contributed by atoms with E-state index in [1.807, 2.05) is 16.8 Å². The van der Waals surface area contributed by atoms with Gasteiger partial charge in [-0.15, -0.1) is 0 Å². The van der Waals surface area contributed by atoms with Gasteiger partial charge in [-0.25, -0.2) is 0 Å². The zero-order valence-corrected chi connectivity index (χ0v) is 12.2. The summed E-state index contributed by atoms with van der Waals surface area (Å²) >= 11 is 7.24. The number of nitro groups is 1. The minimum atomic E-state index is -1.10. The number of rotatable bonds is 5. The maximum atomic E-state index is 11.0. The Morgan fingerprint density at radius 1 is 1.50 bits per heavy atom. The molecule has 7 heteroatoms. The average Bonchev–Trinajstić information content (AvgIpc) is 2.91. The predicted molar refractivity (Wildman–Crippen MR) is 80.5 cm³/mol. The van der Waals surface area contributed by atoms with E-state index in [1.54, 1.807) is 13.0 Å². The number of nitro benzene ring substituents is 1. The number of benzene rings is 1. The maximum Gasteiger partial charge on any atom is 0.293 e. The molecule has 106 valence electrons. The zero-order valence-electron chi connectivity index (χ0n) is 10.7. The van der Waals surface area contributed by atoms with E-state index in [0.717, 1.165) is 5.56 Å². The molecule has 0 saturated carbocycles. The molecule has 1 unspecified atom stereocenters. The second-order valence-corrected chi connectivity index (χ2v) is 5.77. The second-order valence-electron chi connectivity index (χ2n) is 4.56. The Labute approximate surface area is 125 Å². The summed E-state index contributed by atoms with van der Waals surface area (Å²) in [4.78, 5) is 10.5. The molecular formula is C13H13ClN2O3S. The van der Waals surface area contributed by atoms with Crippen molar-refractivity contribution in [2.24, 2.45) is 0 Å². The molecule has 2 aromatic rings. The topological polar surface area (TPSA) is 75.4 Å². The van der Waals surface area contributed by atoms with Gasteiger partial charge >= 0.3 is 0 Å². The summed E-state index contributed by atoms with van der Waals surface area (Å²) in [6.07, 6.45) is 0. The van der Waals surface area contributed by atoms with Crippen molar-refractivity contribution < 1.29 is 10.0 Å². The van der Waals surface area contributed by atoms with Crippen LogP contribution >= 0.6 is 22.9 Å². The molecule has 2 rings (SSSR count). The summed E-state index contributed by atoms with van der Waals surface area (Å²) in [7, 11) is 0. The molecular weight excluding hydrogens is 300 g/mol. The number of halogens is 1. The number of nitrogens with zero attached hydrogens (tertiary/aromatic N) is 1. The van der Waals surface area contributed by atoms with Gasteiger partial charge < -0.3 is 10.4 Å². The fraction of sp³-hybridized carbons (Fsp3) is 0.231. The quantitative estimate of drug-likeness (QED) is 0.653. The van der Waals surface area contributed by atoms with Crippen LogP contribution in [0.1, 0.15) is 12.5 Å². The Morgan fingerprint density at radius 3 is 2.85 bits per heavy atom. The first-order valence-corrected chi connectivity index (χ1v) is 7.15. The zero-order chi connectivity index (χ0) is 14.8. The van der Waals surface area contributed by atoms with Crippen LogP contribution in [0.4, 0.5) is 11.4 Å². The van der Waals surface area contributed by atoms with Crippen molar-refractivity contribution in [3.63, 3.8) is 0 Å². The third-order valence-electron chi connectivity index (χ3n) is 2.92. The molecule has 0 radical (unpaired) electrons. The van der Waals surface area contributed by atoms with Crippen molar-refractivity contribution in [3.05, 3.63) is 55.7 Å². The Bertz CT molecular complexity index is 614. The highest BCUT2D eigenvalue weighted by atomic mass is 35.5. The summed E-state index contributed by atoms with van der Waals surface area (Å²) in [5.41, 5.74) is -0.117. The molecule has 0 saturated heterocycles. The van der Waals surface area contributed by atoms with Crippen molar-refractivity contribution in [1.29, 1.82) is 0 Å². The maximum absolute atomic E-state index is 11.0. The van der Waals surface area contributed by atoms with Crippen LogP contribution in [0.25, 0.3) is 0 Å². The van der Waals surface area contributed by atoms with Crippen molar-refractivity contribution in [2.45, 2.75) is 12.5 Å². The largest absolute Gasteiger partial charge is 0.384 e. The number of thiophene rings is 1. The number of anilines is 1. The van der Waals surface area contributed by atoms with Gasteiger partial charge in [0.15, 0.2) is 0 Å². The van der Waals surface area contributed by atoms with E-state index in [4.69, 9.17) is 11.6 Å². The van der Waals surface area contributed by atoms with Crippen LogP contribution in [-0.2, 0) is 5.60 Å². The SMILES string of the molecule is CC(O)(CNc1ccc(Cl)cc1[N+](=O)[O-])c1ccsc1. The third-order valence-corrected chi connectivity index (χ3v) is 3.84. The highest BCUT2D eigenvalue weighted by Gasteiger charge is 2.24. The summed E-state index contributed by atoms with van der Waals surface area (Å²) < 4.78 is 0. The van der Waals surface area contributed by atoms with Crippen LogP contribution < -0.4 is 5.32 Å². The Balaban J connectivity index is 2.17. The van der Waals surface area contributed by atoms with Crippen LogP contribution in [0.5, 0.6) is 0 Å². The van der Waals surface area contributed by atoms with Crippen molar-refractivity contribution in [2.75, 3.05) is 11.9 Å². The molecule has 2 N–H and O–H groups in total. The lowest BCUT2D eigenvalue weighted by Crippen LogP contribution is -2.30. The first-order valence-electron chi connectivity index (χ1n) is 5.83. The number of hydrogen-bond donors (Lipinski definition) is 2. The van der Waals surface area contributed by atoms with Crippen molar-refractivity contribution in [1.82, 2.24) is 0 Å². The van der Waals surface area contributed by atoms with Gasteiger partial charge in [-0.3, -0.25) is 10.1 Å². The molecule has 0 bridgehead atoms. The fourth-order valence-electron chi connectivity index (χ4n) is 1.75. The van der Waals surface area contributed by atoms with E-state index in [1.165, 1.54) is 23.5 Å². The van der Waals surface area contributed by atoms with E-state index < -0.39 is 10.5 Å². The van der Waals surface area contributed by atoms with Crippen LogP contribution in [0.2, 0.25) is 5.02 Å². The normalized spacial score (nSPS) is 13.8. The van der Waals surface area contributed by atoms with E-state index >= 15 is 0 Å². The van der Waals surface area contributed by atoms with Gasteiger partial charge in [0, 0.05) is 17.6 Å². The molecule has 5 nitrogen and oxygen atoms in total. The molecule has 1 aromatic carbocycles. The molecule has 0 amide bonds. The van der Waals surface area contributed by atoms with Crippen molar-refractivity contribution in [3.8, 4) is 0 Å². The molecule has 1 atom stereocenters. The standard InChI is InChI=1S/C13H13ClN2O3S/c1-13(17,9-4-5-20-7-9)8-15-11-3-2-10(14)6-12(11)16(18)19/h2-7,15,17H,8H2,1H3. The third kappa shape index (κ3) is 3.27. The first-order chi connectivity index (χ1) is 9.40. The number of nitrogens with one attached hydrogen (secondary N) is 1. The molecule has 0 fully saturated rings. The fourth-order valence-corrected chi connectivity index (χ4v) is 2.69. The van der Waals surface area contributed by atoms with Gasteiger partial charge in [-0.1, -0.05) is 11.6 Å². The van der Waals surface area contributed by atoms with E-state index in [2.05, 4.69) is 5.32 Å². The van der Waals surface area contributed by atoms with Crippen LogP contribution in [0, 0.1) is 10.1 Å². The van der Waals surface area contributed by atoms with Gasteiger partial charge in [-0.2, -0.15) is 11.3 Å². The Hall–Kier alpha value is -1.63. The van der Waals surface area contributed by atoms with Gasteiger partial charge in [-0.05, 0) is 41.4 Å². The summed E-state index contributed by atoms with van der Waals surface area (Å²) in [6, 6.07) is 6.20. The molecule has 20 heavy (non-hydrogen) atoms. The number of hydrogen-bond acceptors (Lipinski definition) is 5. The Morgan fingerprint density at radius 2 is 2.25 bits per heavy atom. The van der Waals surface area contributed by atoms with Crippen molar-refractivity contribution >= 4 is 34.3 Å². The highest BCUT2D eigenvalue weighted by Crippen LogP contribution is 2.29. The number of aliphatic hydroxyl groups is 1. The lowest BCUT2D eigenvalue weighted by Gasteiger charge is -2.23. The van der Waals surface area contributed by atoms with E-state index in [9.17, 15) is 15.2 Å². The van der Waals surface area contributed by atoms with Crippen LogP contribution in [0.15, 0.2) is 35.0 Å². The van der Waals surface area contributed by atoms with Crippen LogP contribution in [0.3, 0.4) is 0 Å². The smallest absolute Gasteiger partial charge is 0.293 e. The molecule has 0 aliphatic carbocycles. The van der Waals surface area contributed by atoms with E-state index in [0.29, 0.717) is 10.7 Å². The van der Waals surface area contributed by atoms with Gasteiger partial charge in [0.25, 0.3) is 5.69 Å². The summed E-state index contributed by atoms with van der Waals surface area (Å²) in [5, 5.41) is 28.3. The molecule has 0 spiro atoms. The summed E-state index contributed by atoms with van der Waals surface area (Å²) in [5.74, 6) is 0. The van der Waals surface area contributed by atoms with Gasteiger partial charge in [0.2, 0.25) is 0 Å². The Kier molecular flexibility index (Phi) is 4.27. The highest BCUT2D eigenvalue weighted by molar-refractivity contribution is 7.08. The minimum Gasteiger partial charge on any atom is -0.384 e. The minimum absolute atomic E-state index is 0.112. The molecule has 1 heterocycles. The van der Waals surface area contributed by atoms with E-state index in [-0.39, 0.29) is 12.2 Å². The lowest BCUT2D eigenvalue weighted by molar-refractivity contribution is -0.384. The predicted octanol–water partition coefficient (Wildman–Crippen LogP) is 3.63. The second kappa shape index (κ2) is 5.78. The summed E-state index contributed by atoms with van der Waals surface area (Å²) in [6.45, 7) is 1.82. The van der Waals surface area contributed by atoms with Gasteiger partial charge in [0.05, 0.1) is 4.92 Å². The average molecular weight is 313 g/mol. The monoisotopic (exact) mass is 312 g/mol. The van der Waals surface area contributed by atoms with Crippen LogP contribution in [-0.4, -0.2) is 16.6 Å².